The molecule has 0 aliphatic rings. The average Bonchev–Trinajstić information content (AvgIpc) is 2.20. The van der Waals surface area contributed by atoms with Crippen LogP contribution >= 0.6 is 0 Å². The van der Waals surface area contributed by atoms with E-state index in [1.54, 1.807) is 0 Å². The first kappa shape index (κ1) is 15.4. The maximum atomic E-state index is 10.9. The van der Waals surface area contributed by atoms with Gasteiger partial charge in [0.25, 0.3) is 0 Å². The second kappa shape index (κ2) is 9.60. The van der Waals surface area contributed by atoms with Gasteiger partial charge in [-0.1, -0.05) is 26.7 Å². The lowest BCUT2D eigenvalue weighted by atomic mass is 10.0. The Bertz CT molecular complexity index is 183. The van der Waals surface area contributed by atoms with Crippen molar-refractivity contribution in [1.82, 2.24) is 5.32 Å². The Morgan fingerprint density at radius 2 is 1.81 bits per heavy atom. The van der Waals surface area contributed by atoms with Crippen LogP contribution in [0.4, 0.5) is 0 Å². The number of carboxylic acid groups (broad SMARTS) is 1. The number of rotatable bonds is 10. The molecule has 0 aliphatic carbocycles. The third-order valence-corrected chi connectivity index (χ3v) is 2.48. The van der Waals surface area contributed by atoms with E-state index in [-0.39, 0.29) is 6.61 Å². The van der Waals surface area contributed by atoms with E-state index in [0.717, 1.165) is 32.2 Å². The van der Waals surface area contributed by atoms with Crippen molar-refractivity contribution in [2.24, 2.45) is 5.92 Å². The van der Waals surface area contributed by atoms with Crippen molar-refractivity contribution in [3.63, 3.8) is 0 Å². The molecule has 0 aliphatic heterocycles. The minimum Gasteiger partial charge on any atom is -0.480 e. The van der Waals surface area contributed by atoms with E-state index in [2.05, 4.69) is 5.32 Å². The standard InChI is InChI=1S/C12H25NO3/c1-10(2)9-11(12(15)16)13-7-5-3-4-6-8-14/h10-11,13-14H,3-9H2,1-2H3,(H,15,16). The van der Waals surface area contributed by atoms with Gasteiger partial charge in [-0.15, -0.1) is 0 Å². The van der Waals surface area contributed by atoms with E-state index in [4.69, 9.17) is 10.2 Å². The van der Waals surface area contributed by atoms with Gasteiger partial charge in [0.15, 0.2) is 0 Å². The van der Waals surface area contributed by atoms with E-state index in [1.807, 2.05) is 13.8 Å². The van der Waals surface area contributed by atoms with E-state index >= 15 is 0 Å². The van der Waals surface area contributed by atoms with Gasteiger partial charge in [-0.25, -0.2) is 0 Å². The third-order valence-electron chi connectivity index (χ3n) is 2.48. The van der Waals surface area contributed by atoms with Gasteiger partial charge < -0.3 is 15.5 Å². The Kier molecular flexibility index (Phi) is 9.24. The monoisotopic (exact) mass is 231 g/mol. The first-order valence-corrected chi connectivity index (χ1v) is 6.15. The Balaban J connectivity index is 3.57. The quantitative estimate of drug-likeness (QED) is 0.500. The summed E-state index contributed by atoms with van der Waals surface area (Å²) in [5, 5.41) is 20.6. The molecule has 4 nitrogen and oxygen atoms in total. The molecule has 4 heteroatoms. The Morgan fingerprint density at radius 3 is 2.31 bits per heavy atom. The second-order valence-electron chi connectivity index (χ2n) is 4.61. The zero-order valence-corrected chi connectivity index (χ0v) is 10.4. The molecule has 0 aromatic rings. The van der Waals surface area contributed by atoms with Gasteiger partial charge in [-0.3, -0.25) is 4.79 Å². The first-order chi connectivity index (χ1) is 7.57. The SMILES string of the molecule is CC(C)CC(NCCCCCCO)C(=O)O. The summed E-state index contributed by atoms with van der Waals surface area (Å²) in [6.45, 7) is 5.05. The highest BCUT2D eigenvalue weighted by molar-refractivity contribution is 5.73. The van der Waals surface area contributed by atoms with Gasteiger partial charge in [0.05, 0.1) is 0 Å². The Hall–Kier alpha value is -0.610. The molecular formula is C12H25NO3. The number of unbranched alkanes of at least 4 members (excludes halogenated alkanes) is 3. The molecule has 0 heterocycles. The number of carbonyl (C=O) groups is 1. The molecule has 0 aromatic heterocycles. The number of carboxylic acids is 1. The molecule has 1 atom stereocenters. The fourth-order valence-electron chi connectivity index (χ4n) is 1.61. The summed E-state index contributed by atoms with van der Waals surface area (Å²) in [5.41, 5.74) is 0. The summed E-state index contributed by atoms with van der Waals surface area (Å²) in [6.07, 6.45) is 4.55. The molecule has 16 heavy (non-hydrogen) atoms. The largest absolute Gasteiger partial charge is 0.480 e. The van der Waals surface area contributed by atoms with Crippen LogP contribution in [0.5, 0.6) is 0 Å². The normalized spacial score (nSPS) is 13.0. The molecule has 0 spiro atoms. The van der Waals surface area contributed by atoms with Crippen molar-refractivity contribution < 1.29 is 15.0 Å². The maximum absolute atomic E-state index is 10.9. The lowest BCUT2D eigenvalue weighted by Crippen LogP contribution is -2.38. The van der Waals surface area contributed by atoms with Crippen LogP contribution in [0.1, 0.15) is 46.0 Å². The van der Waals surface area contributed by atoms with Crippen LogP contribution in [-0.2, 0) is 4.79 Å². The van der Waals surface area contributed by atoms with Gasteiger partial charge in [-0.05, 0) is 31.7 Å². The number of hydrogen-bond acceptors (Lipinski definition) is 3. The van der Waals surface area contributed by atoms with Crippen LogP contribution in [0.25, 0.3) is 0 Å². The summed E-state index contributed by atoms with van der Waals surface area (Å²) < 4.78 is 0. The highest BCUT2D eigenvalue weighted by atomic mass is 16.4. The van der Waals surface area contributed by atoms with Crippen molar-refractivity contribution >= 4 is 5.97 Å². The van der Waals surface area contributed by atoms with Crippen molar-refractivity contribution in [2.75, 3.05) is 13.2 Å². The Morgan fingerprint density at radius 1 is 1.19 bits per heavy atom. The third kappa shape index (κ3) is 8.68. The summed E-state index contributed by atoms with van der Waals surface area (Å²) in [6, 6.07) is -0.419. The van der Waals surface area contributed by atoms with Crippen molar-refractivity contribution in [3.05, 3.63) is 0 Å². The fourth-order valence-corrected chi connectivity index (χ4v) is 1.61. The summed E-state index contributed by atoms with van der Waals surface area (Å²) >= 11 is 0. The number of aliphatic carboxylic acids is 1. The highest BCUT2D eigenvalue weighted by Crippen LogP contribution is 2.05. The second-order valence-corrected chi connectivity index (χ2v) is 4.61. The predicted octanol–water partition coefficient (Wildman–Crippen LogP) is 1.63. The van der Waals surface area contributed by atoms with Gasteiger partial charge >= 0.3 is 5.97 Å². The molecule has 0 aromatic carbocycles. The average molecular weight is 231 g/mol. The molecular weight excluding hydrogens is 206 g/mol. The minimum absolute atomic E-state index is 0.249. The minimum atomic E-state index is -0.760. The van der Waals surface area contributed by atoms with Crippen molar-refractivity contribution in [1.29, 1.82) is 0 Å². The highest BCUT2D eigenvalue weighted by Gasteiger charge is 2.17. The van der Waals surface area contributed by atoms with Gasteiger partial charge in [0, 0.05) is 6.61 Å². The molecule has 1 unspecified atom stereocenters. The lowest BCUT2D eigenvalue weighted by Gasteiger charge is -2.16. The molecule has 0 rings (SSSR count). The molecule has 3 N–H and O–H groups in total. The molecule has 0 radical (unpaired) electrons. The number of aliphatic hydroxyl groups is 1. The lowest BCUT2D eigenvalue weighted by molar-refractivity contribution is -0.139. The molecule has 0 saturated carbocycles. The van der Waals surface area contributed by atoms with Crippen LogP contribution in [0.2, 0.25) is 0 Å². The van der Waals surface area contributed by atoms with Gasteiger partial charge in [0.2, 0.25) is 0 Å². The van der Waals surface area contributed by atoms with Crippen LogP contribution in [0, 0.1) is 5.92 Å². The van der Waals surface area contributed by atoms with E-state index in [0.29, 0.717) is 12.3 Å². The van der Waals surface area contributed by atoms with E-state index in [9.17, 15) is 4.79 Å². The zero-order valence-electron chi connectivity index (χ0n) is 10.4. The fraction of sp³-hybridized carbons (Fsp3) is 0.917. The summed E-state index contributed by atoms with van der Waals surface area (Å²) in [4.78, 5) is 10.9. The van der Waals surface area contributed by atoms with Gasteiger partial charge in [-0.2, -0.15) is 0 Å². The van der Waals surface area contributed by atoms with Crippen LogP contribution in [-0.4, -0.2) is 35.4 Å². The van der Waals surface area contributed by atoms with Crippen LogP contribution in [0.15, 0.2) is 0 Å². The van der Waals surface area contributed by atoms with E-state index in [1.165, 1.54) is 0 Å². The van der Waals surface area contributed by atoms with Gasteiger partial charge in [0.1, 0.15) is 6.04 Å². The topological polar surface area (TPSA) is 69.6 Å². The maximum Gasteiger partial charge on any atom is 0.320 e. The summed E-state index contributed by atoms with van der Waals surface area (Å²) in [5.74, 6) is -0.368. The number of nitrogens with one attached hydrogen (secondary N) is 1. The van der Waals surface area contributed by atoms with Crippen molar-refractivity contribution in [2.45, 2.75) is 52.0 Å². The first-order valence-electron chi connectivity index (χ1n) is 6.15. The van der Waals surface area contributed by atoms with Crippen LogP contribution in [0.3, 0.4) is 0 Å². The molecule has 0 fully saturated rings. The predicted molar refractivity (Wildman–Crippen MR) is 64.4 cm³/mol. The molecule has 0 saturated heterocycles. The smallest absolute Gasteiger partial charge is 0.320 e. The molecule has 0 amide bonds. The Labute approximate surface area is 98.1 Å². The number of aliphatic hydroxyl groups excluding tert-OH is 1. The molecule has 0 bridgehead atoms. The zero-order chi connectivity index (χ0) is 12.4. The van der Waals surface area contributed by atoms with Crippen molar-refractivity contribution in [3.8, 4) is 0 Å². The summed E-state index contributed by atoms with van der Waals surface area (Å²) in [7, 11) is 0. The van der Waals surface area contributed by atoms with Crippen LogP contribution < -0.4 is 5.32 Å². The number of hydrogen-bond donors (Lipinski definition) is 3. The molecule has 96 valence electrons. The van der Waals surface area contributed by atoms with E-state index < -0.39 is 12.0 Å².